The number of anilines is 1. The van der Waals surface area contributed by atoms with Gasteiger partial charge in [-0.3, -0.25) is 9.53 Å². The van der Waals surface area contributed by atoms with E-state index in [1.807, 2.05) is 6.07 Å². The first kappa shape index (κ1) is 18.5. The van der Waals surface area contributed by atoms with Gasteiger partial charge in [0, 0.05) is 18.0 Å². The molecule has 0 spiro atoms. The number of alkyl halides is 3. The molecule has 2 heterocycles. The summed E-state index contributed by atoms with van der Waals surface area (Å²) in [5.74, 6) is 0.287. The fraction of sp³-hybridized carbons (Fsp3) is 0.722. The first-order valence-corrected chi connectivity index (χ1v) is 9.14. The standard InChI is InChI=1S/C18H23F3N4O2/c1-10(15(26)25-5-12(11(25)2)27-18(19,20)21)24-14-4-13(22-9-23-14)17-6-16(3,7-17)8-17/h4,9-12H,5-8H2,1-3H3,(H,22,23,24)/t10-,11+,12+,16?,17?/m1/s1. The van der Waals surface area contributed by atoms with Crippen LogP contribution < -0.4 is 5.32 Å². The lowest BCUT2D eigenvalue weighted by atomic mass is 9.35. The highest BCUT2D eigenvalue weighted by atomic mass is 19.4. The number of nitrogens with zero attached hydrogens (tertiary/aromatic N) is 3. The molecular formula is C18H23F3N4O2. The van der Waals surface area contributed by atoms with E-state index in [1.165, 1.54) is 11.2 Å². The van der Waals surface area contributed by atoms with Crippen molar-refractivity contribution in [3.63, 3.8) is 0 Å². The van der Waals surface area contributed by atoms with E-state index in [-0.39, 0.29) is 17.9 Å². The Morgan fingerprint density at radius 1 is 1.37 bits per heavy atom. The van der Waals surface area contributed by atoms with Crippen molar-refractivity contribution in [1.82, 2.24) is 14.9 Å². The molecule has 3 saturated carbocycles. The van der Waals surface area contributed by atoms with E-state index in [1.54, 1.807) is 13.8 Å². The maximum Gasteiger partial charge on any atom is 0.522 e. The van der Waals surface area contributed by atoms with Gasteiger partial charge in [0.25, 0.3) is 0 Å². The first-order valence-electron chi connectivity index (χ1n) is 9.14. The highest BCUT2D eigenvalue weighted by Crippen LogP contribution is 2.73. The second kappa shape index (κ2) is 5.80. The van der Waals surface area contributed by atoms with Crippen LogP contribution in [0.25, 0.3) is 0 Å². The molecule has 1 saturated heterocycles. The van der Waals surface area contributed by atoms with E-state index in [9.17, 15) is 18.0 Å². The normalized spacial score (nSPS) is 35.6. The number of nitrogens with one attached hydrogen (secondary N) is 1. The minimum Gasteiger partial charge on any atom is -0.359 e. The van der Waals surface area contributed by atoms with Crippen LogP contribution >= 0.6 is 0 Å². The molecule has 1 aromatic heterocycles. The van der Waals surface area contributed by atoms with E-state index < -0.39 is 24.6 Å². The van der Waals surface area contributed by atoms with E-state index in [0.717, 1.165) is 25.0 Å². The van der Waals surface area contributed by atoms with Crippen molar-refractivity contribution in [2.45, 2.75) is 70.0 Å². The third-order valence-corrected chi connectivity index (χ3v) is 6.22. The number of halogens is 3. The second-order valence-electron chi connectivity index (χ2n) is 8.61. The molecule has 27 heavy (non-hydrogen) atoms. The molecule has 4 fully saturated rings. The van der Waals surface area contributed by atoms with Crippen LogP contribution in [0.2, 0.25) is 0 Å². The zero-order valence-electron chi connectivity index (χ0n) is 15.5. The van der Waals surface area contributed by atoms with Crippen molar-refractivity contribution >= 4 is 11.7 Å². The lowest BCUT2D eigenvalue weighted by molar-refractivity contribution is -0.359. The SMILES string of the molecule is C[C@@H](Nc1cc(C23CC(C)(C2)C3)ncn1)C(=O)N1C[C@H](OC(F)(F)F)[C@@H]1C. The maximum absolute atomic E-state index is 12.5. The van der Waals surface area contributed by atoms with Gasteiger partial charge in [0.15, 0.2) is 0 Å². The molecule has 0 unspecified atom stereocenters. The molecule has 1 aromatic rings. The molecule has 4 aliphatic rings. The molecule has 2 bridgehead atoms. The van der Waals surface area contributed by atoms with Gasteiger partial charge in [0.05, 0.1) is 11.7 Å². The average molecular weight is 384 g/mol. The van der Waals surface area contributed by atoms with Crippen LogP contribution in [0.4, 0.5) is 19.0 Å². The van der Waals surface area contributed by atoms with Gasteiger partial charge in [-0.15, -0.1) is 13.2 Å². The Labute approximate surface area is 155 Å². The molecule has 1 N–H and O–H groups in total. The molecular weight excluding hydrogens is 361 g/mol. The van der Waals surface area contributed by atoms with Crippen molar-refractivity contribution < 1.29 is 22.7 Å². The van der Waals surface area contributed by atoms with Gasteiger partial charge in [-0.1, -0.05) is 6.92 Å². The highest BCUT2D eigenvalue weighted by molar-refractivity contribution is 5.85. The summed E-state index contributed by atoms with van der Waals surface area (Å²) in [6.45, 7) is 5.44. The van der Waals surface area contributed by atoms with E-state index in [4.69, 9.17) is 0 Å². The van der Waals surface area contributed by atoms with Crippen LogP contribution in [0.5, 0.6) is 0 Å². The Kier molecular flexibility index (Phi) is 3.96. The van der Waals surface area contributed by atoms with Crippen LogP contribution in [0.15, 0.2) is 12.4 Å². The number of carbonyl (C=O) groups is 1. The number of hydrogen-bond acceptors (Lipinski definition) is 5. The lowest BCUT2D eigenvalue weighted by Gasteiger charge is -2.69. The Balaban J connectivity index is 1.34. The molecule has 3 atom stereocenters. The van der Waals surface area contributed by atoms with Crippen molar-refractivity contribution in [2.24, 2.45) is 5.41 Å². The molecule has 0 radical (unpaired) electrons. The topological polar surface area (TPSA) is 67.4 Å². The zero-order chi connectivity index (χ0) is 19.6. The summed E-state index contributed by atoms with van der Waals surface area (Å²) in [5.41, 5.74) is 1.62. The van der Waals surface area contributed by atoms with Gasteiger partial charge in [-0.05, 0) is 38.5 Å². The number of amides is 1. The van der Waals surface area contributed by atoms with Crippen LogP contribution in [0, 0.1) is 5.41 Å². The molecule has 148 valence electrons. The Morgan fingerprint density at radius 2 is 2.04 bits per heavy atom. The predicted molar refractivity (Wildman–Crippen MR) is 90.9 cm³/mol. The number of hydrogen-bond donors (Lipinski definition) is 1. The largest absolute Gasteiger partial charge is 0.522 e. The molecule has 5 rings (SSSR count). The smallest absolute Gasteiger partial charge is 0.359 e. The monoisotopic (exact) mass is 384 g/mol. The minimum absolute atomic E-state index is 0.0672. The van der Waals surface area contributed by atoms with Gasteiger partial charge < -0.3 is 10.2 Å². The maximum atomic E-state index is 12.5. The first-order chi connectivity index (χ1) is 12.5. The van der Waals surface area contributed by atoms with Gasteiger partial charge in [-0.25, -0.2) is 9.97 Å². The van der Waals surface area contributed by atoms with E-state index in [2.05, 4.69) is 26.9 Å². The van der Waals surface area contributed by atoms with Crippen LogP contribution in [0.3, 0.4) is 0 Å². The van der Waals surface area contributed by atoms with Crippen LogP contribution in [0.1, 0.15) is 45.7 Å². The lowest BCUT2D eigenvalue weighted by Crippen LogP contribution is -2.65. The zero-order valence-corrected chi connectivity index (χ0v) is 15.5. The minimum atomic E-state index is -4.69. The fourth-order valence-electron chi connectivity index (χ4n) is 5.00. The quantitative estimate of drug-likeness (QED) is 0.846. The number of likely N-dealkylation sites (tertiary alicyclic amines) is 1. The number of ether oxygens (including phenoxy) is 1. The van der Waals surface area contributed by atoms with Crippen molar-refractivity contribution in [3.05, 3.63) is 18.1 Å². The van der Waals surface area contributed by atoms with Crippen molar-refractivity contribution in [3.8, 4) is 0 Å². The molecule has 9 heteroatoms. The number of aromatic nitrogens is 2. The predicted octanol–water partition coefficient (Wildman–Crippen LogP) is 2.85. The third kappa shape index (κ3) is 3.15. The van der Waals surface area contributed by atoms with E-state index in [0.29, 0.717) is 11.2 Å². The van der Waals surface area contributed by atoms with Crippen molar-refractivity contribution in [2.75, 3.05) is 11.9 Å². The molecule has 6 nitrogen and oxygen atoms in total. The fourth-order valence-corrected chi connectivity index (χ4v) is 5.00. The van der Waals surface area contributed by atoms with Gasteiger partial charge >= 0.3 is 6.36 Å². The Bertz CT molecular complexity index is 749. The average Bonchev–Trinajstić information content (AvgIpc) is 2.53. The summed E-state index contributed by atoms with van der Waals surface area (Å²) in [4.78, 5) is 22.5. The van der Waals surface area contributed by atoms with Crippen LogP contribution in [-0.4, -0.2) is 51.9 Å². The highest BCUT2D eigenvalue weighted by Gasteiger charge is 2.66. The summed E-state index contributed by atoms with van der Waals surface area (Å²) >= 11 is 0. The summed E-state index contributed by atoms with van der Waals surface area (Å²) in [6.07, 6.45) is -0.799. The summed E-state index contributed by atoms with van der Waals surface area (Å²) in [7, 11) is 0. The van der Waals surface area contributed by atoms with Crippen LogP contribution in [-0.2, 0) is 14.9 Å². The van der Waals surface area contributed by atoms with Crippen molar-refractivity contribution in [1.29, 1.82) is 0 Å². The number of carbonyl (C=O) groups excluding carboxylic acids is 1. The van der Waals surface area contributed by atoms with Gasteiger partial charge in [0.2, 0.25) is 5.91 Å². The summed E-state index contributed by atoms with van der Waals surface area (Å²) in [6, 6.07) is 0.663. The van der Waals surface area contributed by atoms with Gasteiger partial charge in [0.1, 0.15) is 24.3 Å². The Morgan fingerprint density at radius 3 is 2.59 bits per heavy atom. The van der Waals surface area contributed by atoms with Gasteiger partial charge in [-0.2, -0.15) is 0 Å². The summed E-state index contributed by atoms with van der Waals surface area (Å²) in [5, 5.41) is 3.06. The third-order valence-electron chi connectivity index (χ3n) is 6.22. The number of rotatable bonds is 5. The molecule has 1 aliphatic heterocycles. The summed E-state index contributed by atoms with van der Waals surface area (Å²) < 4.78 is 41.0. The molecule has 1 amide bonds. The Hall–Kier alpha value is -1.90. The van der Waals surface area contributed by atoms with E-state index >= 15 is 0 Å². The second-order valence-corrected chi connectivity index (χ2v) is 8.61. The molecule has 3 aliphatic carbocycles. The molecule has 0 aromatic carbocycles.